The summed E-state index contributed by atoms with van der Waals surface area (Å²) in [5, 5.41) is 0. The fourth-order valence-electron chi connectivity index (χ4n) is 4.46. The smallest absolute Gasteiger partial charge is 0.222 e. The maximum absolute atomic E-state index is 12.5. The zero-order chi connectivity index (χ0) is 19.2. The van der Waals surface area contributed by atoms with Crippen LogP contribution in [0.1, 0.15) is 45.1 Å². The van der Waals surface area contributed by atoms with Crippen LogP contribution in [0.25, 0.3) is 0 Å². The number of morpholine rings is 1. The van der Waals surface area contributed by atoms with Crippen LogP contribution in [0.3, 0.4) is 0 Å². The van der Waals surface area contributed by atoms with Crippen LogP contribution in [0.2, 0.25) is 0 Å². The minimum Gasteiger partial charge on any atom is -0.399 e. The molecule has 0 saturated carbocycles. The van der Waals surface area contributed by atoms with E-state index in [1.54, 1.807) is 0 Å². The lowest BCUT2D eigenvalue weighted by molar-refractivity contribution is -0.132. The molecule has 166 valence electrons. The number of likely N-dealkylation sites (tertiary alicyclic amines) is 1. The molecule has 2 heterocycles. The lowest BCUT2D eigenvalue weighted by atomic mass is 9.93. The van der Waals surface area contributed by atoms with Crippen molar-refractivity contribution < 1.29 is 9.53 Å². The van der Waals surface area contributed by atoms with Gasteiger partial charge in [-0.05, 0) is 63.6 Å². The van der Waals surface area contributed by atoms with E-state index in [1.807, 2.05) is 24.3 Å². The van der Waals surface area contributed by atoms with Crippen molar-refractivity contribution in [3.05, 3.63) is 29.8 Å². The Bertz CT molecular complexity index is 614. The summed E-state index contributed by atoms with van der Waals surface area (Å²) in [6.45, 7) is 9.39. The molecule has 5 nitrogen and oxygen atoms in total. The molecule has 1 aromatic rings. The van der Waals surface area contributed by atoms with Crippen LogP contribution in [-0.4, -0.2) is 60.6 Å². The number of piperidine rings is 1. The lowest BCUT2D eigenvalue weighted by Crippen LogP contribution is -2.46. The Morgan fingerprint density at radius 2 is 1.72 bits per heavy atom. The number of rotatable bonds is 6. The van der Waals surface area contributed by atoms with E-state index in [1.165, 1.54) is 6.42 Å². The molecule has 1 aromatic carbocycles. The monoisotopic (exact) mass is 445 g/mol. The highest BCUT2D eigenvalue weighted by molar-refractivity contribution is 5.85. The second kappa shape index (κ2) is 12.6. The molecule has 2 saturated heterocycles. The number of benzene rings is 1. The Balaban J connectivity index is 0.00000210. The molecule has 0 bridgehead atoms. The molecular formula is C22H37Cl2N3O2. The maximum Gasteiger partial charge on any atom is 0.222 e. The molecule has 2 aliphatic rings. The summed E-state index contributed by atoms with van der Waals surface area (Å²) in [5.41, 5.74) is 7.84. The second-order valence-corrected chi connectivity index (χ2v) is 8.33. The van der Waals surface area contributed by atoms with Gasteiger partial charge in [0.2, 0.25) is 5.91 Å². The standard InChI is InChI=1S/C22H35N3O2.2ClH/c1-17-15-24(16-18(2)27-17)12-9-19-10-13-25(14-11-19)22(26)8-7-20-5-3-4-6-21(20)23;;/h3-6,17-19H,7-16,23H2,1-2H3;2*1H. The van der Waals surface area contributed by atoms with E-state index in [2.05, 4.69) is 23.6 Å². The summed E-state index contributed by atoms with van der Waals surface area (Å²) < 4.78 is 5.82. The Morgan fingerprint density at radius 1 is 1.10 bits per heavy atom. The number of carbonyl (C=O) groups is 1. The van der Waals surface area contributed by atoms with Gasteiger partial charge < -0.3 is 15.4 Å². The first-order valence-corrected chi connectivity index (χ1v) is 10.5. The summed E-state index contributed by atoms with van der Waals surface area (Å²) >= 11 is 0. The molecule has 2 atom stereocenters. The third-order valence-electron chi connectivity index (χ3n) is 5.98. The summed E-state index contributed by atoms with van der Waals surface area (Å²) in [4.78, 5) is 17.1. The number of ether oxygens (including phenoxy) is 1. The van der Waals surface area contributed by atoms with E-state index >= 15 is 0 Å². The Kier molecular flexibility index (Phi) is 11.3. The minimum absolute atomic E-state index is 0. The number of carbonyl (C=O) groups excluding carboxylic acids is 1. The van der Waals surface area contributed by atoms with Gasteiger partial charge >= 0.3 is 0 Å². The molecule has 2 unspecified atom stereocenters. The third kappa shape index (κ3) is 7.97. The van der Waals surface area contributed by atoms with E-state index in [0.29, 0.717) is 18.6 Å². The number of nitrogens with zero attached hydrogens (tertiary/aromatic N) is 2. The van der Waals surface area contributed by atoms with Crippen molar-refractivity contribution in [3.63, 3.8) is 0 Å². The molecule has 0 aromatic heterocycles. The van der Waals surface area contributed by atoms with Crippen molar-refractivity contribution in [2.24, 2.45) is 5.92 Å². The second-order valence-electron chi connectivity index (χ2n) is 8.33. The average Bonchev–Trinajstić information content (AvgIpc) is 2.65. The quantitative estimate of drug-likeness (QED) is 0.676. The molecule has 0 spiro atoms. The molecule has 2 N–H and O–H groups in total. The number of hydrogen-bond donors (Lipinski definition) is 1. The van der Waals surface area contributed by atoms with Gasteiger partial charge in [-0.2, -0.15) is 0 Å². The molecule has 3 rings (SSSR count). The molecule has 7 heteroatoms. The largest absolute Gasteiger partial charge is 0.399 e. The molecule has 0 radical (unpaired) electrons. The molecule has 2 fully saturated rings. The van der Waals surface area contributed by atoms with Gasteiger partial charge in [0.25, 0.3) is 0 Å². The fourth-order valence-corrected chi connectivity index (χ4v) is 4.46. The third-order valence-corrected chi connectivity index (χ3v) is 5.98. The average molecular weight is 446 g/mol. The molecule has 29 heavy (non-hydrogen) atoms. The predicted molar refractivity (Wildman–Crippen MR) is 124 cm³/mol. The van der Waals surface area contributed by atoms with Crippen molar-refractivity contribution in [1.82, 2.24) is 9.80 Å². The van der Waals surface area contributed by atoms with Crippen LogP contribution in [0.5, 0.6) is 0 Å². The van der Waals surface area contributed by atoms with Gasteiger partial charge in [-0.15, -0.1) is 24.8 Å². The molecular weight excluding hydrogens is 409 g/mol. The van der Waals surface area contributed by atoms with Gasteiger partial charge in [-0.1, -0.05) is 18.2 Å². The minimum atomic E-state index is 0. The number of nitrogen functional groups attached to an aromatic ring is 1. The summed E-state index contributed by atoms with van der Waals surface area (Å²) in [6.07, 6.45) is 5.48. The first-order valence-electron chi connectivity index (χ1n) is 10.5. The Labute approximate surface area is 188 Å². The number of para-hydroxylation sites is 1. The van der Waals surface area contributed by atoms with E-state index in [0.717, 1.165) is 69.2 Å². The first-order chi connectivity index (χ1) is 13.0. The zero-order valence-electron chi connectivity index (χ0n) is 17.7. The highest BCUT2D eigenvalue weighted by Gasteiger charge is 2.25. The first kappa shape index (κ1) is 26.0. The van der Waals surface area contributed by atoms with Gasteiger partial charge in [0.1, 0.15) is 0 Å². The summed E-state index contributed by atoms with van der Waals surface area (Å²) in [5.74, 6) is 1.01. The Morgan fingerprint density at radius 3 is 2.34 bits per heavy atom. The van der Waals surface area contributed by atoms with Crippen LogP contribution in [-0.2, 0) is 16.0 Å². The van der Waals surface area contributed by atoms with Crippen LogP contribution in [0.15, 0.2) is 24.3 Å². The Hall–Kier alpha value is -1.01. The van der Waals surface area contributed by atoms with Gasteiger partial charge in [-0.25, -0.2) is 0 Å². The van der Waals surface area contributed by atoms with Gasteiger partial charge in [-0.3, -0.25) is 9.69 Å². The summed E-state index contributed by atoms with van der Waals surface area (Å²) in [6, 6.07) is 7.84. The van der Waals surface area contributed by atoms with Gasteiger partial charge in [0.05, 0.1) is 12.2 Å². The summed E-state index contributed by atoms with van der Waals surface area (Å²) in [7, 11) is 0. The van der Waals surface area contributed by atoms with Crippen LogP contribution in [0, 0.1) is 5.92 Å². The molecule has 0 aliphatic carbocycles. The normalized spacial score (nSPS) is 23.2. The SMILES string of the molecule is CC1CN(CCC2CCN(C(=O)CCc3ccccc3N)CC2)CC(C)O1.Cl.Cl. The number of halogens is 2. The lowest BCUT2D eigenvalue weighted by Gasteiger charge is -2.37. The highest BCUT2D eigenvalue weighted by atomic mass is 35.5. The highest BCUT2D eigenvalue weighted by Crippen LogP contribution is 2.23. The van der Waals surface area contributed by atoms with Gasteiger partial charge in [0, 0.05) is 38.3 Å². The van der Waals surface area contributed by atoms with Crippen LogP contribution in [0.4, 0.5) is 5.69 Å². The number of anilines is 1. The number of amides is 1. The van der Waals surface area contributed by atoms with E-state index in [4.69, 9.17) is 10.5 Å². The molecule has 1 amide bonds. The van der Waals surface area contributed by atoms with E-state index < -0.39 is 0 Å². The maximum atomic E-state index is 12.5. The predicted octanol–water partition coefficient (Wildman–Crippen LogP) is 3.78. The van der Waals surface area contributed by atoms with Crippen molar-refractivity contribution >= 4 is 36.4 Å². The zero-order valence-corrected chi connectivity index (χ0v) is 19.4. The number of aryl methyl sites for hydroxylation is 1. The van der Waals surface area contributed by atoms with Crippen LogP contribution >= 0.6 is 24.8 Å². The van der Waals surface area contributed by atoms with Crippen LogP contribution < -0.4 is 5.73 Å². The van der Waals surface area contributed by atoms with E-state index in [9.17, 15) is 4.79 Å². The van der Waals surface area contributed by atoms with Gasteiger partial charge in [0.15, 0.2) is 0 Å². The van der Waals surface area contributed by atoms with Crippen molar-refractivity contribution in [2.75, 3.05) is 38.5 Å². The fraction of sp³-hybridized carbons (Fsp3) is 0.682. The van der Waals surface area contributed by atoms with Crippen molar-refractivity contribution in [3.8, 4) is 0 Å². The number of nitrogens with two attached hydrogens (primary N) is 1. The van der Waals surface area contributed by atoms with E-state index in [-0.39, 0.29) is 30.7 Å². The topological polar surface area (TPSA) is 58.8 Å². The molecule has 2 aliphatic heterocycles. The number of hydrogen-bond acceptors (Lipinski definition) is 4. The van der Waals surface area contributed by atoms with Crippen molar-refractivity contribution in [2.45, 2.75) is 58.2 Å². The van der Waals surface area contributed by atoms with Crippen molar-refractivity contribution in [1.29, 1.82) is 0 Å².